The normalized spacial score (nSPS) is 18.7. The topological polar surface area (TPSA) is 69.6 Å². The van der Waals surface area contributed by atoms with Crippen LogP contribution in [-0.4, -0.2) is 47.8 Å². The lowest BCUT2D eigenvalue weighted by Gasteiger charge is -2.24. The second-order valence-electron chi connectivity index (χ2n) is 5.89. The van der Waals surface area contributed by atoms with E-state index in [1.165, 1.54) is 0 Å². The van der Waals surface area contributed by atoms with Gasteiger partial charge in [-0.3, -0.25) is 4.79 Å². The first-order valence-corrected chi connectivity index (χ1v) is 7.07. The predicted octanol–water partition coefficient (Wildman–Crippen LogP) is 2.08. The number of halogens is 3. The fraction of sp³-hybridized carbons (Fsp3) is 0.846. The van der Waals surface area contributed by atoms with E-state index in [1.807, 2.05) is 0 Å². The van der Waals surface area contributed by atoms with E-state index in [2.05, 4.69) is 5.32 Å². The molecule has 120 valence electrons. The number of carbonyl (C=O) groups excluding carboxylic acids is 1. The summed E-state index contributed by atoms with van der Waals surface area (Å²) in [7, 11) is 0. The van der Waals surface area contributed by atoms with Gasteiger partial charge in [-0.1, -0.05) is 0 Å². The molecule has 0 atom stereocenters. The summed E-state index contributed by atoms with van der Waals surface area (Å²) >= 11 is 0. The van der Waals surface area contributed by atoms with Crippen LogP contribution in [0.1, 0.15) is 25.7 Å². The first-order chi connectivity index (χ1) is 9.76. The number of rotatable bonds is 7. The molecule has 5 nitrogen and oxygen atoms in total. The molecule has 0 unspecified atom stereocenters. The van der Waals surface area contributed by atoms with E-state index in [0.717, 1.165) is 25.7 Å². The van der Waals surface area contributed by atoms with E-state index in [4.69, 9.17) is 5.11 Å². The highest BCUT2D eigenvalue weighted by molar-refractivity contribution is 5.80. The lowest BCUT2D eigenvalue weighted by molar-refractivity contribution is -0.149. The second kappa shape index (κ2) is 6.11. The monoisotopic (exact) mass is 308 g/mol. The zero-order valence-corrected chi connectivity index (χ0v) is 11.5. The van der Waals surface area contributed by atoms with Crippen LogP contribution in [0.15, 0.2) is 0 Å². The number of hydrogen-bond acceptors (Lipinski definition) is 2. The minimum absolute atomic E-state index is 0.291. The molecular formula is C13H19F3N2O3. The Balaban J connectivity index is 1.85. The molecule has 0 radical (unpaired) electrons. The third-order valence-electron chi connectivity index (χ3n) is 3.93. The summed E-state index contributed by atoms with van der Waals surface area (Å²) in [5.74, 6) is -0.0106. The number of nitrogens with zero attached hydrogens (tertiary/aromatic N) is 1. The van der Waals surface area contributed by atoms with Gasteiger partial charge >= 0.3 is 18.2 Å². The maximum absolute atomic E-state index is 12.4. The number of nitrogens with one attached hydrogen (secondary N) is 1. The van der Waals surface area contributed by atoms with Gasteiger partial charge < -0.3 is 15.3 Å². The number of carbonyl (C=O) groups is 2. The van der Waals surface area contributed by atoms with Crippen molar-refractivity contribution in [2.75, 3.05) is 19.6 Å². The molecule has 2 fully saturated rings. The number of amides is 2. The van der Waals surface area contributed by atoms with Gasteiger partial charge in [0.15, 0.2) is 0 Å². The number of urea groups is 1. The Hall–Kier alpha value is -1.47. The lowest BCUT2D eigenvalue weighted by Crippen LogP contribution is -2.48. The fourth-order valence-electron chi connectivity index (χ4n) is 2.66. The minimum atomic E-state index is -4.61. The quantitative estimate of drug-likeness (QED) is 0.756. The summed E-state index contributed by atoms with van der Waals surface area (Å²) in [5.41, 5.74) is 0. The molecule has 0 aromatic carbocycles. The summed E-state index contributed by atoms with van der Waals surface area (Å²) in [5, 5.41) is 11.1. The molecule has 2 aliphatic rings. The van der Waals surface area contributed by atoms with Crippen LogP contribution < -0.4 is 5.32 Å². The molecule has 0 heterocycles. The van der Waals surface area contributed by atoms with E-state index >= 15 is 0 Å². The highest BCUT2D eigenvalue weighted by Gasteiger charge is 2.41. The molecule has 0 bridgehead atoms. The van der Waals surface area contributed by atoms with Crippen molar-refractivity contribution in [3.05, 3.63) is 0 Å². The zero-order valence-electron chi connectivity index (χ0n) is 11.5. The largest absolute Gasteiger partial charge is 0.480 e. The summed E-state index contributed by atoms with van der Waals surface area (Å²) in [4.78, 5) is 22.7. The summed E-state index contributed by atoms with van der Waals surface area (Å²) in [6, 6.07) is -0.957. The Morgan fingerprint density at radius 1 is 1.19 bits per heavy atom. The molecule has 2 aliphatic carbocycles. The Labute approximate surface area is 120 Å². The molecule has 2 amide bonds. The highest BCUT2D eigenvalue weighted by atomic mass is 19.4. The van der Waals surface area contributed by atoms with Gasteiger partial charge in [0.1, 0.15) is 13.1 Å². The predicted molar refractivity (Wildman–Crippen MR) is 67.6 cm³/mol. The van der Waals surface area contributed by atoms with Crippen molar-refractivity contribution in [1.29, 1.82) is 0 Å². The van der Waals surface area contributed by atoms with Crippen LogP contribution in [0.5, 0.6) is 0 Å². The van der Waals surface area contributed by atoms with Crippen molar-refractivity contribution in [2.24, 2.45) is 17.8 Å². The van der Waals surface area contributed by atoms with Gasteiger partial charge in [0.25, 0.3) is 0 Å². The Kier molecular flexibility index (Phi) is 4.63. The van der Waals surface area contributed by atoms with Crippen molar-refractivity contribution in [3.63, 3.8) is 0 Å². The molecule has 21 heavy (non-hydrogen) atoms. The zero-order chi connectivity index (χ0) is 15.6. The van der Waals surface area contributed by atoms with Gasteiger partial charge in [-0.25, -0.2) is 4.79 Å². The molecule has 8 heteroatoms. The van der Waals surface area contributed by atoms with Crippen molar-refractivity contribution < 1.29 is 27.9 Å². The van der Waals surface area contributed by atoms with E-state index in [0.29, 0.717) is 29.2 Å². The molecule has 0 aromatic heterocycles. The van der Waals surface area contributed by atoms with Gasteiger partial charge in [-0.15, -0.1) is 0 Å². The maximum atomic E-state index is 12.4. The summed E-state index contributed by atoms with van der Waals surface area (Å²) in [6.45, 7) is -2.17. The average molecular weight is 308 g/mol. The van der Waals surface area contributed by atoms with Crippen molar-refractivity contribution in [3.8, 4) is 0 Å². The van der Waals surface area contributed by atoms with Gasteiger partial charge in [0.2, 0.25) is 0 Å². The molecular weight excluding hydrogens is 289 g/mol. The first-order valence-electron chi connectivity index (χ1n) is 7.07. The maximum Gasteiger partial charge on any atom is 0.406 e. The van der Waals surface area contributed by atoms with Crippen molar-refractivity contribution in [1.82, 2.24) is 10.2 Å². The van der Waals surface area contributed by atoms with Crippen LogP contribution in [0.3, 0.4) is 0 Å². The number of alkyl halides is 3. The summed E-state index contributed by atoms with van der Waals surface area (Å²) in [6.07, 6.45) is -0.174. The van der Waals surface area contributed by atoms with Crippen molar-refractivity contribution >= 4 is 12.0 Å². The van der Waals surface area contributed by atoms with Gasteiger partial charge in [-0.2, -0.15) is 13.2 Å². The standard InChI is InChI=1S/C13H19F3N2O3/c14-13(15,16)7-18(6-11(19)20)12(21)17-5-10(8-1-2-8)9-3-4-9/h8-10H,1-7H2,(H,17,21)(H,19,20). The van der Waals surface area contributed by atoms with Crippen LogP contribution in [0.25, 0.3) is 0 Å². The second-order valence-corrected chi connectivity index (χ2v) is 5.89. The third-order valence-corrected chi connectivity index (χ3v) is 3.93. The Morgan fingerprint density at radius 2 is 1.71 bits per heavy atom. The summed E-state index contributed by atoms with van der Waals surface area (Å²) < 4.78 is 37.1. The van der Waals surface area contributed by atoms with Crippen LogP contribution in [-0.2, 0) is 4.79 Å². The molecule has 2 rings (SSSR count). The SMILES string of the molecule is O=C(O)CN(CC(F)(F)F)C(=O)NCC(C1CC1)C1CC1. The van der Waals surface area contributed by atoms with Crippen LogP contribution in [0.4, 0.5) is 18.0 Å². The van der Waals surface area contributed by atoms with Crippen molar-refractivity contribution in [2.45, 2.75) is 31.9 Å². The van der Waals surface area contributed by atoms with Gasteiger partial charge in [0.05, 0.1) is 0 Å². The average Bonchev–Trinajstić information content (AvgIpc) is 3.20. The van der Waals surface area contributed by atoms with Gasteiger partial charge in [0, 0.05) is 6.54 Å². The Bertz CT molecular complexity index is 394. The molecule has 2 saturated carbocycles. The molecule has 0 aromatic rings. The molecule has 0 aliphatic heterocycles. The molecule has 0 saturated heterocycles. The van der Waals surface area contributed by atoms with Crippen LogP contribution in [0.2, 0.25) is 0 Å². The van der Waals surface area contributed by atoms with E-state index in [-0.39, 0.29) is 0 Å². The fourth-order valence-corrected chi connectivity index (χ4v) is 2.66. The number of carboxylic acids is 1. The van der Waals surface area contributed by atoms with E-state index in [1.54, 1.807) is 0 Å². The highest BCUT2D eigenvalue weighted by Crippen LogP contribution is 2.48. The van der Waals surface area contributed by atoms with Gasteiger partial charge in [-0.05, 0) is 43.4 Å². The van der Waals surface area contributed by atoms with Crippen LogP contribution >= 0.6 is 0 Å². The molecule has 0 spiro atoms. The first kappa shape index (κ1) is 15.9. The Morgan fingerprint density at radius 3 is 2.10 bits per heavy atom. The van der Waals surface area contributed by atoms with E-state index < -0.39 is 31.3 Å². The number of carboxylic acid groups (broad SMARTS) is 1. The lowest BCUT2D eigenvalue weighted by atomic mass is 9.98. The third kappa shape index (κ3) is 5.43. The number of hydrogen-bond donors (Lipinski definition) is 2. The van der Waals surface area contributed by atoms with E-state index in [9.17, 15) is 22.8 Å². The minimum Gasteiger partial charge on any atom is -0.480 e. The number of aliphatic carboxylic acids is 1. The molecule has 2 N–H and O–H groups in total. The van der Waals surface area contributed by atoms with Crippen LogP contribution in [0, 0.1) is 17.8 Å². The smallest absolute Gasteiger partial charge is 0.406 e.